The smallest absolute Gasteiger partial charge is 0.106 e. The SMILES string of the molecule is CC1OC(/C=C/S)CC(O)C1O. The maximum Gasteiger partial charge on any atom is 0.106 e. The van der Waals surface area contributed by atoms with Crippen LogP contribution in [0.1, 0.15) is 13.3 Å². The predicted octanol–water partition coefficient (Wildman–Crippen LogP) is 0.329. The van der Waals surface area contributed by atoms with E-state index in [1.807, 2.05) is 0 Å². The molecule has 1 aliphatic heterocycles. The molecule has 1 saturated heterocycles. The largest absolute Gasteiger partial charge is 0.390 e. The number of ether oxygens (including phenoxy) is 1. The molecule has 0 radical (unpaired) electrons. The van der Waals surface area contributed by atoms with E-state index in [0.29, 0.717) is 6.42 Å². The van der Waals surface area contributed by atoms with Crippen molar-refractivity contribution < 1.29 is 14.9 Å². The van der Waals surface area contributed by atoms with Gasteiger partial charge in [-0.3, -0.25) is 0 Å². The van der Waals surface area contributed by atoms with Gasteiger partial charge in [0.1, 0.15) is 6.10 Å². The summed E-state index contributed by atoms with van der Waals surface area (Å²) >= 11 is 3.91. The van der Waals surface area contributed by atoms with Crippen molar-refractivity contribution in [2.45, 2.75) is 37.8 Å². The zero-order chi connectivity index (χ0) is 9.14. The molecule has 0 aromatic rings. The molecule has 1 fully saturated rings. The van der Waals surface area contributed by atoms with E-state index in [-0.39, 0.29) is 12.2 Å². The van der Waals surface area contributed by atoms with Crippen molar-refractivity contribution in [3.63, 3.8) is 0 Å². The Hall–Kier alpha value is -0.0300. The van der Waals surface area contributed by atoms with Crippen LogP contribution >= 0.6 is 12.6 Å². The van der Waals surface area contributed by atoms with Crippen LogP contribution in [-0.4, -0.2) is 34.6 Å². The highest BCUT2D eigenvalue weighted by molar-refractivity contribution is 7.83. The molecule has 0 spiro atoms. The van der Waals surface area contributed by atoms with Crippen molar-refractivity contribution in [2.24, 2.45) is 0 Å². The standard InChI is InChI=1S/C8H14O3S/c1-5-8(10)7(9)4-6(11-5)2-3-12/h2-3,5-10,12H,4H2,1H3/b3-2+. The molecule has 4 atom stereocenters. The minimum absolute atomic E-state index is 0.129. The zero-order valence-corrected chi connectivity index (χ0v) is 7.82. The summed E-state index contributed by atoms with van der Waals surface area (Å²) in [4.78, 5) is 0. The van der Waals surface area contributed by atoms with Crippen molar-refractivity contribution in [3.8, 4) is 0 Å². The second-order valence-electron chi connectivity index (χ2n) is 3.01. The number of aliphatic hydroxyl groups is 2. The van der Waals surface area contributed by atoms with Crippen molar-refractivity contribution in [2.75, 3.05) is 0 Å². The Morgan fingerprint density at radius 3 is 2.67 bits per heavy atom. The fraction of sp³-hybridized carbons (Fsp3) is 0.750. The lowest BCUT2D eigenvalue weighted by atomic mass is 9.99. The van der Waals surface area contributed by atoms with Crippen LogP contribution in [0, 0.1) is 0 Å². The minimum atomic E-state index is -0.769. The number of hydrogen-bond donors (Lipinski definition) is 3. The summed E-state index contributed by atoms with van der Waals surface area (Å²) in [7, 11) is 0. The Labute approximate surface area is 77.5 Å². The molecule has 4 heteroatoms. The quantitative estimate of drug-likeness (QED) is 0.522. The highest BCUT2D eigenvalue weighted by atomic mass is 32.1. The summed E-state index contributed by atoms with van der Waals surface area (Å²) in [6.45, 7) is 1.74. The average Bonchev–Trinajstić information content (AvgIpc) is 2.01. The lowest BCUT2D eigenvalue weighted by molar-refractivity contribution is -0.148. The molecule has 0 aromatic carbocycles. The average molecular weight is 190 g/mol. The Kier molecular flexibility index (Phi) is 3.58. The lowest BCUT2D eigenvalue weighted by Crippen LogP contribution is -2.46. The number of thiol groups is 1. The van der Waals surface area contributed by atoms with Crippen LogP contribution in [0.4, 0.5) is 0 Å². The van der Waals surface area contributed by atoms with Gasteiger partial charge in [-0.05, 0) is 18.4 Å². The first-order valence-corrected chi connectivity index (χ1v) is 4.49. The van der Waals surface area contributed by atoms with Crippen LogP contribution in [-0.2, 0) is 4.74 Å². The summed E-state index contributed by atoms with van der Waals surface area (Å²) in [6, 6.07) is 0. The molecule has 0 saturated carbocycles. The van der Waals surface area contributed by atoms with Crippen molar-refractivity contribution in [3.05, 3.63) is 11.5 Å². The Bertz CT molecular complexity index is 160. The summed E-state index contributed by atoms with van der Waals surface area (Å²) in [5.41, 5.74) is 0. The van der Waals surface area contributed by atoms with E-state index in [1.165, 1.54) is 0 Å². The van der Waals surface area contributed by atoms with Crippen LogP contribution in [0.5, 0.6) is 0 Å². The second-order valence-corrected chi connectivity index (χ2v) is 3.31. The monoisotopic (exact) mass is 190 g/mol. The van der Waals surface area contributed by atoms with Gasteiger partial charge >= 0.3 is 0 Å². The molecule has 0 bridgehead atoms. The first kappa shape index (κ1) is 10.1. The summed E-state index contributed by atoms with van der Waals surface area (Å²) < 4.78 is 5.36. The van der Waals surface area contributed by atoms with Gasteiger partial charge in [-0.2, -0.15) is 12.6 Å². The van der Waals surface area contributed by atoms with Gasteiger partial charge in [-0.1, -0.05) is 0 Å². The fourth-order valence-electron chi connectivity index (χ4n) is 1.32. The molecule has 0 aromatic heterocycles. The van der Waals surface area contributed by atoms with Crippen LogP contribution < -0.4 is 0 Å². The molecule has 1 aliphatic rings. The Balaban J connectivity index is 2.53. The first-order chi connectivity index (χ1) is 5.65. The van der Waals surface area contributed by atoms with Gasteiger partial charge in [0.15, 0.2) is 0 Å². The van der Waals surface area contributed by atoms with Crippen LogP contribution in [0.15, 0.2) is 11.5 Å². The normalized spacial score (nSPS) is 43.7. The highest BCUT2D eigenvalue weighted by Crippen LogP contribution is 2.20. The minimum Gasteiger partial charge on any atom is -0.390 e. The third-order valence-corrected chi connectivity index (χ3v) is 2.21. The van der Waals surface area contributed by atoms with E-state index < -0.39 is 12.2 Å². The van der Waals surface area contributed by atoms with E-state index >= 15 is 0 Å². The molecule has 1 rings (SSSR count). The molecule has 70 valence electrons. The van der Waals surface area contributed by atoms with Gasteiger partial charge in [-0.25, -0.2) is 0 Å². The van der Waals surface area contributed by atoms with Gasteiger partial charge in [0.2, 0.25) is 0 Å². The van der Waals surface area contributed by atoms with Crippen LogP contribution in [0.3, 0.4) is 0 Å². The zero-order valence-electron chi connectivity index (χ0n) is 6.92. The topological polar surface area (TPSA) is 49.7 Å². The van der Waals surface area contributed by atoms with Crippen LogP contribution in [0.25, 0.3) is 0 Å². The maximum atomic E-state index is 9.36. The number of aliphatic hydroxyl groups excluding tert-OH is 2. The molecule has 4 unspecified atom stereocenters. The van der Waals surface area contributed by atoms with E-state index in [1.54, 1.807) is 18.4 Å². The summed E-state index contributed by atoms with van der Waals surface area (Å²) in [5.74, 6) is 0. The lowest BCUT2D eigenvalue weighted by Gasteiger charge is -2.34. The summed E-state index contributed by atoms with van der Waals surface area (Å²) in [5, 5.41) is 20.3. The van der Waals surface area contributed by atoms with E-state index in [4.69, 9.17) is 4.74 Å². The molecule has 12 heavy (non-hydrogen) atoms. The second kappa shape index (κ2) is 4.28. The predicted molar refractivity (Wildman–Crippen MR) is 49.1 cm³/mol. The third-order valence-electron chi connectivity index (χ3n) is 2.04. The molecule has 2 N–H and O–H groups in total. The number of hydrogen-bond acceptors (Lipinski definition) is 4. The van der Waals surface area contributed by atoms with Gasteiger partial charge in [0.25, 0.3) is 0 Å². The van der Waals surface area contributed by atoms with Gasteiger partial charge in [-0.15, -0.1) is 0 Å². The molecular weight excluding hydrogens is 176 g/mol. The summed E-state index contributed by atoms with van der Waals surface area (Å²) in [6.07, 6.45) is 0.286. The highest BCUT2D eigenvalue weighted by Gasteiger charge is 2.32. The van der Waals surface area contributed by atoms with E-state index in [0.717, 1.165) is 0 Å². The molecule has 0 amide bonds. The fourth-order valence-corrected chi connectivity index (χ4v) is 1.51. The molecular formula is C8H14O3S. The maximum absolute atomic E-state index is 9.36. The van der Waals surface area contributed by atoms with Gasteiger partial charge in [0, 0.05) is 6.42 Å². The van der Waals surface area contributed by atoms with Crippen molar-refractivity contribution in [1.29, 1.82) is 0 Å². The molecule has 0 aliphatic carbocycles. The van der Waals surface area contributed by atoms with Gasteiger partial charge < -0.3 is 14.9 Å². The Morgan fingerprint density at radius 1 is 1.50 bits per heavy atom. The van der Waals surface area contributed by atoms with E-state index in [2.05, 4.69) is 12.6 Å². The van der Waals surface area contributed by atoms with Gasteiger partial charge in [0.05, 0.1) is 18.3 Å². The van der Waals surface area contributed by atoms with Crippen molar-refractivity contribution in [1.82, 2.24) is 0 Å². The molecule has 1 heterocycles. The Morgan fingerprint density at radius 2 is 2.17 bits per heavy atom. The van der Waals surface area contributed by atoms with Crippen molar-refractivity contribution >= 4 is 12.6 Å². The first-order valence-electron chi connectivity index (χ1n) is 3.97. The number of rotatable bonds is 1. The van der Waals surface area contributed by atoms with Crippen LogP contribution in [0.2, 0.25) is 0 Å². The van der Waals surface area contributed by atoms with E-state index in [9.17, 15) is 10.2 Å². The third kappa shape index (κ3) is 2.23. The molecule has 3 nitrogen and oxygen atoms in total.